The number of ether oxygens (including phenoxy) is 1. The molecule has 1 heterocycles. The number of hydrogen-bond donors (Lipinski definition) is 2. The molecular weight excluding hydrogens is 363 g/mol. The van der Waals surface area contributed by atoms with Crippen LogP contribution < -0.4 is 10.6 Å². The van der Waals surface area contributed by atoms with Gasteiger partial charge < -0.3 is 15.4 Å². The number of nitrogens with one attached hydrogen (secondary N) is 2. The molecule has 3 aromatic rings. The Kier molecular flexibility index (Phi) is 5.91. The van der Waals surface area contributed by atoms with E-state index in [1.54, 1.807) is 49.4 Å². The van der Waals surface area contributed by atoms with Crippen molar-refractivity contribution in [2.24, 2.45) is 0 Å². The fourth-order valence-corrected chi connectivity index (χ4v) is 2.38. The van der Waals surface area contributed by atoms with Crippen molar-refractivity contribution in [3.05, 3.63) is 78.0 Å². The highest BCUT2D eigenvalue weighted by molar-refractivity contribution is 6.07. The van der Waals surface area contributed by atoms with E-state index in [0.29, 0.717) is 5.69 Å². The second kappa shape index (κ2) is 8.72. The number of halogens is 1. The fraction of sp³-hybridized carbons (Fsp3) is 0.100. The number of rotatable bonds is 6. The second-order valence-electron chi connectivity index (χ2n) is 5.61. The molecule has 2 aromatic carbocycles. The van der Waals surface area contributed by atoms with E-state index >= 15 is 0 Å². The number of para-hydroxylation sites is 2. The minimum atomic E-state index is -0.540. The standard InChI is InChI=1S/C20H17FN4O3/c1-2-28-20(27)13-7-3-5-9-15(13)25-19(26)17-11-23-18(12-22-17)24-16-10-6-4-8-14(16)21/h3-12H,2H2,1H3,(H,23,24)(H,25,26). The monoisotopic (exact) mass is 380 g/mol. The number of carbonyl (C=O) groups excluding carboxylic acids is 2. The highest BCUT2D eigenvalue weighted by atomic mass is 19.1. The van der Waals surface area contributed by atoms with Crippen LogP contribution in [0.5, 0.6) is 0 Å². The summed E-state index contributed by atoms with van der Waals surface area (Å²) in [6.45, 7) is 1.93. The molecular formula is C20H17FN4O3. The molecule has 1 aromatic heterocycles. The zero-order valence-electron chi connectivity index (χ0n) is 15.0. The third-order valence-corrected chi connectivity index (χ3v) is 3.69. The van der Waals surface area contributed by atoms with Crippen molar-refractivity contribution in [1.82, 2.24) is 9.97 Å². The topological polar surface area (TPSA) is 93.2 Å². The number of esters is 1. The molecule has 0 bridgehead atoms. The number of benzene rings is 2. The van der Waals surface area contributed by atoms with Crippen molar-refractivity contribution in [2.75, 3.05) is 17.2 Å². The quantitative estimate of drug-likeness (QED) is 0.632. The summed E-state index contributed by atoms with van der Waals surface area (Å²) in [6, 6.07) is 12.6. The van der Waals surface area contributed by atoms with Crippen LogP contribution >= 0.6 is 0 Å². The molecule has 142 valence electrons. The van der Waals surface area contributed by atoms with E-state index in [0.717, 1.165) is 0 Å². The van der Waals surface area contributed by atoms with Gasteiger partial charge in [-0.15, -0.1) is 0 Å². The van der Waals surface area contributed by atoms with Gasteiger partial charge in [-0.1, -0.05) is 24.3 Å². The number of amides is 1. The van der Waals surface area contributed by atoms with Crippen LogP contribution in [-0.2, 0) is 4.74 Å². The van der Waals surface area contributed by atoms with E-state index < -0.39 is 17.7 Å². The summed E-state index contributed by atoms with van der Waals surface area (Å²) in [4.78, 5) is 32.5. The SMILES string of the molecule is CCOC(=O)c1ccccc1NC(=O)c1cnc(Nc2ccccc2F)cn1. The average Bonchev–Trinajstić information content (AvgIpc) is 2.71. The maximum atomic E-state index is 13.7. The minimum absolute atomic E-state index is 0.0396. The largest absolute Gasteiger partial charge is 0.462 e. The van der Waals surface area contributed by atoms with Gasteiger partial charge in [0.15, 0.2) is 0 Å². The van der Waals surface area contributed by atoms with Crippen molar-refractivity contribution in [3.63, 3.8) is 0 Å². The van der Waals surface area contributed by atoms with Crippen LogP contribution in [-0.4, -0.2) is 28.5 Å². The predicted molar refractivity (Wildman–Crippen MR) is 102 cm³/mol. The first-order chi connectivity index (χ1) is 13.6. The highest BCUT2D eigenvalue weighted by Gasteiger charge is 2.16. The van der Waals surface area contributed by atoms with Gasteiger partial charge in [0.25, 0.3) is 5.91 Å². The Balaban J connectivity index is 1.72. The van der Waals surface area contributed by atoms with Gasteiger partial charge in [-0.3, -0.25) is 4.79 Å². The van der Waals surface area contributed by atoms with Crippen LogP contribution in [0.1, 0.15) is 27.8 Å². The molecule has 3 rings (SSSR count). The molecule has 0 fully saturated rings. The number of anilines is 3. The summed E-state index contributed by atoms with van der Waals surface area (Å²) in [7, 11) is 0. The molecule has 1 amide bonds. The average molecular weight is 380 g/mol. The minimum Gasteiger partial charge on any atom is -0.462 e. The van der Waals surface area contributed by atoms with Crippen molar-refractivity contribution in [3.8, 4) is 0 Å². The maximum absolute atomic E-state index is 13.7. The Morgan fingerprint density at radius 2 is 1.71 bits per heavy atom. The lowest BCUT2D eigenvalue weighted by atomic mass is 10.1. The van der Waals surface area contributed by atoms with Crippen molar-refractivity contribution in [1.29, 1.82) is 0 Å². The van der Waals surface area contributed by atoms with E-state index in [-0.39, 0.29) is 29.4 Å². The number of hydrogen-bond acceptors (Lipinski definition) is 6. The number of nitrogens with zero attached hydrogens (tertiary/aromatic N) is 2. The van der Waals surface area contributed by atoms with Crippen LogP contribution in [0.25, 0.3) is 0 Å². The Hall–Kier alpha value is -3.81. The zero-order valence-corrected chi connectivity index (χ0v) is 15.0. The molecule has 0 saturated heterocycles. The van der Waals surface area contributed by atoms with Crippen LogP contribution in [0, 0.1) is 5.82 Å². The molecule has 0 saturated carbocycles. The lowest BCUT2D eigenvalue weighted by Crippen LogP contribution is -2.17. The third kappa shape index (κ3) is 4.47. The molecule has 8 heteroatoms. The molecule has 0 spiro atoms. The Labute approximate surface area is 160 Å². The lowest BCUT2D eigenvalue weighted by molar-refractivity contribution is 0.0527. The molecule has 0 aliphatic rings. The fourth-order valence-electron chi connectivity index (χ4n) is 2.38. The van der Waals surface area contributed by atoms with Gasteiger partial charge >= 0.3 is 5.97 Å². The molecule has 0 unspecified atom stereocenters. The summed E-state index contributed by atoms with van der Waals surface area (Å²) in [5, 5.41) is 5.41. The highest BCUT2D eigenvalue weighted by Crippen LogP contribution is 2.19. The predicted octanol–water partition coefficient (Wildman–Crippen LogP) is 3.79. The third-order valence-electron chi connectivity index (χ3n) is 3.69. The van der Waals surface area contributed by atoms with E-state index in [2.05, 4.69) is 20.6 Å². The van der Waals surface area contributed by atoms with Gasteiger partial charge in [-0.25, -0.2) is 19.2 Å². The van der Waals surface area contributed by atoms with Gasteiger partial charge in [-0.2, -0.15) is 0 Å². The van der Waals surface area contributed by atoms with Gasteiger partial charge in [-0.05, 0) is 31.2 Å². The van der Waals surface area contributed by atoms with Gasteiger partial charge in [0.2, 0.25) is 0 Å². The van der Waals surface area contributed by atoms with Gasteiger partial charge in [0, 0.05) is 0 Å². The molecule has 0 aliphatic carbocycles. The maximum Gasteiger partial charge on any atom is 0.340 e. The Morgan fingerprint density at radius 3 is 2.39 bits per heavy atom. The summed E-state index contributed by atoms with van der Waals surface area (Å²) in [6.07, 6.45) is 2.57. The zero-order chi connectivity index (χ0) is 19.9. The summed E-state index contributed by atoms with van der Waals surface area (Å²) in [5.41, 5.74) is 0.833. The summed E-state index contributed by atoms with van der Waals surface area (Å²) < 4.78 is 18.7. The van der Waals surface area contributed by atoms with E-state index in [9.17, 15) is 14.0 Å². The van der Waals surface area contributed by atoms with E-state index in [1.165, 1.54) is 18.5 Å². The first-order valence-electron chi connectivity index (χ1n) is 8.49. The second-order valence-corrected chi connectivity index (χ2v) is 5.61. The lowest BCUT2D eigenvalue weighted by Gasteiger charge is -2.10. The van der Waals surface area contributed by atoms with Crippen molar-refractivity contribution >= 4 is 29.1 Å². The normalized spacial score (nSPS) is 10.2. The Morgan fingerprint density at radius 1 is 1.00 bits per heavy atom. The summed E-state index contributed by atoms with van der Waals surface area (Å²) >= 11 is 0. The number of carbonyl (C=O) groups is 2. The van der Waals surface area contributed by atoms with E-state index in [4.69, 9.17) is 4.74 Å². The van der Waals surface area contributed by atoms with Crippen molar-refractivity contribution in [2.45, 2.75) is 6.92 Å². The van der Waals surface area contributed by atoms with Crippen LogP contribution in [0.15, 0.2) is 60.9 Å². The van der Waals surface area contributed by atoms with Gasteiger partial charge in [0.1, 0.15) is 17.3 Å². The van der Waals surface area contributed by atoms with Crippen LogP contribution in [0.2, 0.25) is 0 Å². The van der Waals surface area contributed by atoms with Gasteiger partial charge in [0.05, 0.1) is 35.9 Å². The van der Waals surface area contributed by atoms with E-state index in [1.807, 2.05) is 0 Å². The Bertz CT molecular complexity index is 993. The molecule has 0 radical (unpaired) electrons. The summed E-state index contributed by atoms with van der Waals surface area (Å²) in [5.74, 6) is -1.22. The number of aromatic nitrogens is 2. The van der Waals surface area contributed by atoms with Crippen LogP contribution in [0.4, 0.5) is 21.6 Å². The van der Waals surface area contributed by atoms with Crippen LogP contribution in [0.3, 0.4) is 0 Å². The molecule has 7 nitrogen and oxygen atoms in total. The van der Waals surface area contributed by atoms with Crippen molar-refractivity contribution < 1.29 is 18.7 Å². The molecule has 0 aliphatic heterocycles. The smallest absolute Gasteiger partial charge is 0.340 e. The first kappa shape index (κ1) is 19.0. The molecule has 2 N–H and O–H groups in total. The first-order valence-corrected chi connectivity index (χ1v) is 8.49. The molecule has 28 heavy (non-hydrogen) atoms. The molecule has 0 atom stereocenters.